The highest BCUT2D eigenvalue weighted by molar-refractivity contribution is 5.90. The molecule has 5 heteroatoms. The maximum absolute atomic E-state index is 11.6. The number of amides is 1. The number of nitrogens with two attached hydrogens (primary N) is 1. The molecule has 1 aliphatic rings. The number of hydrogen-bond acceptors (Lipinski definition) is 3. The Morgan fingerprint density at radius 1 is 1.53 bits per heavy atom. The Hall–Kier alpha value is -1.10. The van der Waals surface area contributed by atoms with Gasteiger partial charge in [0.15, 0.2) is 0 Å². The summed E-state index contributed by atoms with van der Waals surface area (Å²) >= 11 is 0. The maximum atomic E-state index is 11.6. The van der Waals surface area contributed by atoms with Gasteiger partial charge in [0.05, 0.1) is 5.54 Å². The number of hydrogen-bond donors (Lipinski definition) is 3. The Bertz CT molecular complexity index is 261. The van der Waals surface area contributed by atoms with Crippen LogP contribution in [-0.4, -0.2) is 28.6 Å². The summed E-state index contributed by atoms with van der Waals surface area (Å²) in [5, 5.41) is 11.4. The first-order chi connectivity index (χ1) is 6.99. The number of carboxylic acids is 1. The lowest BCUT2D eigenvalue weighted by atomic mass is 9.77. The van der Waals surface area contributed by atoms with Gasteiger partial charge in [0.1, 0.15) is 6.04 Å². The number of carbonyl (C=O) groups is 2. The molecule has 1 atom stereocenters. The van der Waals surface area contributed by atoms with Crippen molar-refractivity contribution in [2.45, 2.75) is 50.6 Å². The number of carboxylic acid groups (broad SMARTS) is 1. The summed E-state index contributed by atoms with van der Waals surface area (Å²) in [6.45, 7) is 1.88. The molecular weight excluding hydrogens is 196 g/mol. The van der Waals surface area contributed by atoms with E-state index >= 15 is 0 Å². The Kier molecular flexibility index (Phi) is 3.68. The largest absolute Gasteiger partial charge is 0.480 e. The quantitative estimate of drug-likeness (QED) is 0.611. The van der Waals surface area contributed by atoms with Gasteiger partial charge >= 0.3 is 5.97 Å². The first-order valence-electron chi connectivity index (χ1n) is 5.32. The van der Waals surface area contributed by atoms with Crippen molar-refractivity contribution in [1.82, 2.24) is 5.32 Å². The van der Waals surface area contributed by atoms with Crippen LogP contribution in [-0.2, 0) is 9.59 Å². The molecule has 0 radical (unpaired) electrons. The standard InChI is InChI=1S/C10H18N2O3/c1-2-4-7(8(13)14)12-9(15)10(11)5-3-6-10/h7H,2-6,11H2,1H3,(H,12,15)(H,13,14)/t7-/m1/s1. The van der Waals surface area contributed by atoms with E-state index in [1.54, 1.807) is 0 Å². The van der Waals surface area contributed by atoms with Crippen LogP contribution in [0, 0.1) is 0 Å². The molecule has 0 bridgehead atoms. The van der Waals surface area contributed by atoms with E-state index in [2.05, 4.69) is 5.32 Å². The fourth-order valence-electron chi connectivity index (χ4n) is 1.63. The van der Waals surface area contributed by atoms with Gasteiger partial charge in [-0.15, -0.1) is 0 Å². The summed E-state index contributed by atoms with van der Waals surface area (Å²) in [4.78, 5) is 22.4. The van der Waals surface area contributed by atoms with Crippen LogP contribution in [0.2, 0.25) is 0 Å². The molecule has 0 aromatic heterocycles. The minimum atomic E-state index is -0.992. The van der Waals surface area contributed by atoms with Crippen molar-refractivity contribution in [3.05, 3.63) is 0 Å². The lowest BCUT2D eigenvalue weighted by Gasteiger charge is -2.37. The van der Waals surface area contributed by atoms with Gasteiger partial charge in [-0.05, 0) is 25.7 Å². The van der Waals surface area contributed by atoms with Crippen molar-refractivity contribution < 1.29 is 14.7 Å². The van der Waals surface area contributed by atoms with E-state index in [4.69, 9.17) is 10.8 Å². The molecule has 1 fully saturated rings. The van der Waals surface area contributed by atoms with Gasteiger partial charge in [-0.2, -0.15) is 0 Å². The first kappa shape index (κ1) is 12.0. The van der Waals surface area contributed by atoms with Gasteiger partial charge in [-0.25, -0.2) is 4.79 Å². The van der Waals surface area contributed by atoms with Crippen LogP contribution in [0.4, 0.5) is 0 Å². The summed E-state index contributed by atoms with van der Waals surface area (Å²) < 4.78 is 0. The maximum Gasteiger partial charge on any atom is 0.326 e. The summed E-state index contributed by atoms with van der Waals surface area (Å²) in [5.74, 6) is -1.32. The van der Waals surface area contributed by atoms with Crippen molar-refractivity contribution in [3.8, 4) is 0 Å². The van der Waals surface area contributed by atoms with Crippen LogP contribution in [0.3, 0.4) is 0 Å². The van der Waals surface area contributed by atoms with E-state index in [1.807, 2.05) is 6.92 Å². The zero-order valence-electron chi connectivity index (χ0n) is 8.95. The van der Waals surface area contributed by atoms with Gasteiger partial charge in [-0.1, -0.05) is 13.3 Å². The lowest BCUT2D eigenvalue weighted by molar-refractivity contribution is -0.143. The van der Waals surface area contributed by atoms with Crippen molar-refractivity contribution in [1.29, 1.82) is 0 Å². The van der Waals surface area contributed by atoms with Crippen LogP contribution in [0.25, 0.3) is 0 Å². The average molecular weight is 214 g/mol. The number of nitrogens with one attached hydrogen (secondary N) is 1. The monoisotopic (exact) mass is 214 g/mol. The molecular formula is C10H18N2O3. The van der Waals surface area contributed by atoms with Gasteiger partial charge in [0.25, 0.3) is 0 Å². The van der Waals surface area contributed by atoms with Crippen molar-refractivity contribution in [3.63, 3.8) is 0 Å². The van der Waals surface area contributed by atoms with E-state index in [9.17, 15) is 9.59 Å². The summed E-state index contributed by atoms with van der Waals surface area (Å²) in [5.41, 5.74) is 4.97. The molecule has 0 heterocycles. The topological polar surface area (TPSA) is 92.4 Å². The van der Waals surface area contributed by atoms with E-state index in [0.29, 0.717) is 19.3 Å². The van der Waals surface area contributed by atoms with Gasteiger partial charge in [0, 0.05) is 0 Å². The van der Waals surface area contributed by atoms with Gasteiger partial charge in [0.2, 0.25) is 5.91 Å². The fraction of sp³-hybridized carbons (Fsp3) is 0.800. The molecule has 4 N–H and O–H groups in total. The summed E-state index contributed by atoms with van der Waals surface area (Å²) in [6, 6.07) is -0.802. The molecule has 86 valence electrons. The second kappa shape index (κ2) is 4.61. The highest BCUT2D eigenvalue weighted by Crippen LogP contribution is 2.29. The zero-order chi connectivity index (χ0) is 11.5. The Morgan fingerprint density at radius 2 is 2.13 bits per heavy atom. The Labute approximate surface area is 89.0 Å². The van der Waals surface area contributed by atoms with E-state index in [0.717, 1.165) is 12.8 Å². The molecule has 0 unspecified atom stereocenters. The normalized spacial score (nSPS) is 20.1. The highest BCUT2D eigenvalue weighted by Gasteiger charge is 2.41. The molecule has 1 rings (SSSR count). The molecule has 0 saturated heterocycles. The summed E-state index contributed by atoms with van der Waals surface area (Å²) in [7, 11) is 0. The number of carbonyl (C=O) groups excluding carboxylic acids is 1. The van der Waals surface area contributed by atoms with Crippen LogP contribution in [0.1, 0.15) is 39.0 Å². The number of aliphatic carboxylic acids is 1. The van der Waals surface area contributed by atoms with Crippen molar-refractivity contribution in [2.24, 2.45) is 5.73 Å². The second-order valence-corrected chi connectivity index (χ2v) is 4.16. The van der Waals surface area contributed by atoms with E-state index in [-0.39, 0.29) is 5.91 Å². The van der Waals surface area contributed by atoms with Crippen LogP contribution in [0.15, 0.2) is 0 Å². The SMILES string of the molecule is CCC[C@@H](NC(=O)C1(N)CCC1)C(=O)O. The van der Waals surface area contributed by atoms with Crippen molar-refractivity contribution >= 4 is 11.9 Å². The fourth-order valence-corrected chi connectivity index (χ4v) is 1.63. The van der Waals surface area contributed by atoms with Gasteiger partial charge in [-0.3, -0.25) is 4.79 Å². The smallest absolute Gasteiger partial charge is 0.326 e. The third-order valence-electron chi connectivity index (χ3n) is 2.88. The third-order valence-corrected chi connectivity index (χ3v) is 2.88. The predicted molar refractivity (Wildman–Crippen MR) is 55.2 cm³/mol. The third kappa shape index (κ3) is 2.68. The molecule has 0 aromatic rings. The molecule has 0 aromatic carbocycles. The van der Waals surface area contributed by atoms with E-state index in [1.165, 1.54) is 0 Å². The molecule has 1 aliphatic carbocycles. The first-order valence-corrected chi connectivity index (χ1v) is 5.32. The van der Waals surface area contributed by atoms with Gasteiger partial charge < -0.3 is 16.2 Å². The average Bonchev–Trinajstić information content (AvgIpc) is 2.13. The Morgan fingerprint density at radius 3 is 2.47 bits per heavy atom. The molecule has 15 heavy (non-hydrogen) atoms. The summed E-state index contributed by atoms with van der Waals surface area (Å²) in [6.07, 6.45) is 3.40. The number of rotatable bonds is 5. The highest BCUT2D eigenvalue weighted by atomic mass is 16.4. The molecule has 1 amide bonds. The minimum absolute atomic E-state index is 0.324. The molecule has 0 spiro atoms. The molecule has 5 nitrogen and oxygen atoms in total. The Balaban J connectivity index is 2.50. The minimum Gasteiger partial charge on any atom is -0.480 e. The van der Waals surface area contributed by atoms with Crippen LogP contribution < -0.4 is 11.1 Å². The van der Waals surface area contributed by atoms with Crippen LogP contribution >= 0.6 is 0 Å². The zero-order valence-corrected chi connectivity index (χ0v) is 8.95. The second-order valence-electron chi connectivity index (χ2n) is 4.16. The molecule has 0 aliphatic heterocycles. The lowest BCUT2D eigenvalue weighted by Crippen LogP contribution is -2.61. The van der Waals surface area contributed by atoms with Crippen molar-refractivity contribution in [2.75, 3.05) is 0 Å². The predicted octanol–water partition coefficient (Wildman–Crippen LogP) is 0.237. The molecule has 1 saturated carbocycles. The van der Waals surface area contributed by atoms with Crippen LogP contribution in [0.5, 0.6) is 0 Å². The van der Waals surface area contributed by atoms with E-state index < -0.39 is 17.6 Å².